The molecule has 0 amide bonds. The summed E-state index contributed by atoms with van der Waals surface area (Å²) in [4.78, 5) is 17.7. The van der Waals surface area contributed by atoms with E-state index < -0.39 is 5.97 Å². The van der Waals surface area contributed by atoms with Gasteiger partial charge in [0, 0.05) is 10.4 Å². The summed E-state index contributed by atoms with van der Waals surface area (Å²) in [5, 5.41) is 9.52. The van der Waals surface area contributed by atoms with Crippen LogP contribution < -0.4 is 9.47 Å². The smallest absolute Gasteiger partial charge is 0.354 e. The number of aryl methyl sites for hydroxylation is 2. The molecule has 0 saturated carbocycles. The van der Waals surface area contributed by atoms with Crippen molar-refractivity contribution in [2.75, 3.05) is 13.2 Å². The molecular formula is C16H14N2O4S. The highest BCUT2D eigenvalue weighted by atomic mass is 32.1. The summed E-state index contributed by atoms with van der Waals surface area (Å²) in [6.07, 6.45) is 0. The van der Waals surface area contributed by atoms with Crippen molar-refractivity contribution in [2.45, 2.75) is 13.8 Å². The third-order valence-corrected chi connectivity index (χ3v) is 4.80. The standard InChI is InChI=1S/C16H14N2O4S/c1-8-13(15(19)20)18-14(9(2)23-16(18)17-8)10-3-4-11-12(7-10)22-6-5-21-11/h3-4,7H,5-6H2,1-2H3,(H,19,20). The van der Waals surface area contributed by atoms with Crippen LogP contribution in [0.3, 0.4) is 0 Å². The summed E-state index contributed by atoms with van der Waals surface area (Å²) in [6.45, 7) is 4.73. The molecule has 2 aromatic heterocycles. The minimum absolute atomic E-state index is 0.203. The highest BCUT2D eigenvalue weighted by Crippen LogP contribution is 2.38. The fourth-order valence-electron chi connectivity index (χ4n) is 2.90. The zero-order chi connectivity index (χ0) is 16.1. The molecule has 0 fully saturated rings. The van der Waals surface area contributed by atoms with Crippen LogP contribution in [-0.4, -0.2) is 33.7 Å². The van der Waals surface area contributed by atoms with Crippen molar-refractivity contribution in [2.24, 2.45) is 0 Å². The SMILES string of the molecule is Cc1nc2sc(C)c(-c3ccc4c(c3)OCCO4)n2c1C(=O)O. The van der Waals surface area contributed by atoms with Gasteiger partial charge in [-0.25, -0.2) is 9.78 Å². The van der Waals surface area contributed by atoms with E-state index in [4.69, 9.17) is 9.47 Å². The molecule has 1 aromatic carbocycles. The summed E-state index contributed by atoms with van der Waals surface area (Å²) in [5.74, 6) is 0.414. The van der Waals surface area contributed by atoms with E-state index in [0.29, 0.717) is 35.4 Å². The molecule has 118 valence electrons. The third kappa shape index (κ3) is 2.08. The molecule has 1 aliphatic rings. The molecule has 0 bridgehead atoms. The molecule has 4 rings (SSSR count). The van der Waals surface area contributed by atoms with Gasteiger partial charge in [-0.3, -0.25) is 4.40 Å². The van der Waals surface area contributed by atoms with Gasteiger partial charge in [0.1, 0.15) is 13.2 Å². The molecule has 3 aromatic rings. The van der Waals surface area contributed by atoms with Crippen molar-refractivity contribution in [3.8, 4) is 22.8 Å². The minimum atomic E-state index is -0.980. The van der Waals surface area contributed by atoms with Gasteiger partial charge < -0.3 is 14.6 Å². The fourth-order valence-corrected chi connectivity index (χ4v) is 3.93. The van der Waals surface area contributed by atoms with Crippen LogP contribution in [0.25, 0.3) is 16.2 Å². The van der Waals surface area contributed by atoms with Crippen molar-refractivity contribution < 1.29 is 19.4 Å². The Hall–Kier alpha value is -2.54. The maximum absolute atomic E-state index is 11.6. The van der Waals surface area contributed by atoms with E-state index >= 15 is 0 Å². The second-order valence-electron chi connectivity index (χ2n) is 5.33. The van der Waals surface area contributed by atoms with Crippen LogP contribution in [0.15, 0.2) is 18.2 Å². The Balaban J connectivity index is 1.98. The van der Waals surface area contributed by atoms with E-state index in [1.165, 1.54) is 11.3 Å². The van der Waals surface area contributed by atoms with Gasteiger partial charge in [0.15, 0.2) is 22.2 Å². The predicted molar refractivity (Wildman–Crippen MR) is 85.9 cm³/mol. The molecule has 7 heteroatoms. The van der Waals surface area contributed by atoms with Crippen LogP contribution in [0, 0.1) is 13.8 Å². The first kappa shape index (κ1) is 14.1. The minimum Gasteiger partial charge on any atom is -0.486 e. The van der Waals surface area contributed by atoms with Crippen LogP contribution in [0.1, 0.15) is 21.1 Å². The lowest BCUT2D eigenvalue weighted by Crippen LogP contribution is -2.15. The van der Waals surface area contributed by atoms with Gasteiger partial charge in [0.25, 0.3) is 0 Å². The van der Waals surface area contributed by atoms with Gasteiger partial charge in [-0.2, -0.15) is 0 Å². The quantitative estimate of drug-likeness (QED) is 0.781. The Morgan fingerprint density at radius 1 is 1.26 bits per heavy atom. The van der Waals surface area contributed by atoms with E-state index in [2.05, 4.69) is 4.98 Å². The summed E-state index contributed by atoms with van der Waals surface area (Å²) in [7, 11) is 0. The average molecular weight is 330 g/mol. The number of aromatic nitrogens is 2. The Morgan fingerprint density at radius 3 is 2.74 bits per heavy atom. The molecule has 0 unspecified atom stereocenters. The zero-order valence-corrected chi connectivity index (χ0v) is 13.4. The van der Waals surface area contributed by atoms with E-state index in [9.17, 15) is 9.90 Å². The van der Waals surface area contributed by atoms with E-state index in [-0.39, 0.29) is 5.69 Å². The monoisotopic (exact) mass is 330 g/mol. The van der Waals surface area contributed by atoms with Gasteiger partial charge in [-0.15, -0.1) is 11.3 Å². The maximum Gasteiger partial charge on any atom is 0.354 e. The normalized spacial score (nSPS) is 13.5. The molecule has 0 radical (unpaired) electrons. The van der Waals surface area contributed by atoms with Gasteiger partial charge in [-0.05, 0) is 32.0 Å². The van der Waals surface area contributed by atoms with Crippen LogP contribution in [-0.2, 0) is 0 Å². The topological polar surface area (TPSA) is 73.1 Å². The number of ether oxygens (including phenoxy) is 2. The molecule has 3 heterocycles. The zero-order valence-electron chi connectivity index (χ0n) is 12.6. The van der Waals surface area contributed by atoms with E-state index in [1.54, 1.807) is 11.3 Å². The van der Waals surface area contributed by atoms with Crippen LogP contribution in [0.4, 0.5) is 0 Å². The number of thiazole rings is 1. The van der Waals surface area contributed by atoms with Crippen LogP contribution in [0.2, 0.25) is 0 Å². The summed E-state index contributed by atoms with van der Waals surface area (Å²) in [6, 6.07) is 5.67. The van der Waals surface area contributed by atoms with Crippen molar-refractivity contribution in [1.82, 2.24) is 9.38 Å². The molecule has 0 spiro atoms. The number of fused-ring (bicyclic) bond motifs is 2. The number of nitrogens with zero attached hydrogens (tertiary/aromatic N) is 2. The maximum atomic E-state index is 11.6. The Kier molecular flexibility index (Phi) is 3.05. The third-order valence-electron chi connectivity index (χ3n) is 3.84. The van der Waals surface area contributed by atoms with Gasteiger partial charge >= 0.3 is 5.97 Å². The molecule has 1 aliphatic heterocycles. The number of carboxylic acid groups (broad SMARTS) is 1. The molecule has 23 heavy (non-hydrogen) atoms. The van der Waals surface area contributed by atoms with Crippen molar-refractivity contribution in [1.29, 1.82) is 0 Å². The van der Waals surface area contributed by atoms with Crippen molar-refractivity contribution >= 4 is 22.3 Å². The lowest BCUT2D eigenvalue weighted by Gasteiger charge is -2.19. The highest BCUT2D eigenvalue weighted by Gasteiger charge is 2.23. The lowest BCUT2D eigenvalue weighted by atomic mass is 10.1. The molecular weight excluding hydrogens is 316 g/mol. The number of hydrogen-bond acceptors (Lipinski definition) is 5. The molecule has 6 nitrogen and oxygen atoms in total. The van der Waals surface area contributed by atoms with Crippen molar-refractivity contribution in [3.63, 3.8) is 0 Å². The van der Waals surface area contributed by atoms with Gasteiger partial charge in [0.05, 0.1) is 11.4 Å². The Labute approximate surface area is 135 Å². The second-order valence-corrected chi connectivity index (χ2v) is 6.52. The first-order valence-corrected chi connectivity index (χ1v) is 7.99. The van der Waals surface area contributed by atoms with Gasteiger partial charge in [-0.1, -0.05) is 0 Å². The number of aromatic carboxylic acids is 1. The fraction of sp³-hybridized carbons (Fsp3) is 0.250. The first-order valence-electron chi connectivity index (χ1n) is 7.18. The lowest BCUT2D eigenvalue weighted by molar-refractivity contribution is 0.0688. The van der Waals surface area contributed by atoms with Crippen LogP contribution in [0.5, 0.6) is 11.5 Å². The molecule has 1 N–H and O–H groups in total. The number of benzene rings is 1. The first-order chi connectivity index (χ1) is 11.1. The Morgan fingerprint density at radius 2 is 2.00 bits per heavy atom. The average Bonchev–Trinajstić information content (AvgIpc) is 2.99. The molecule has 0 saturated heterocycles. The number of rotatable bonds is 2. The largest absolute Gasteiger partial charge is 0.486 e. The highest BCUT2D eigenvalue weighted by molar-refractivity contribution is 7.17. The second kappa shape index (κ2) is 4.99. The number of carbonyl (C=O) groups is 1. The number of hydrogen-bond donors (Lipinski definition) is 1. The Bertz CT molecular complexity index is 941. The van der Waals surface area contributed by atoms with E-state index in [0.717, 1.165) is 16.1 Å². The van der Waals surface area contributed by atoms with Crippen molar-refractivity contribution in [3.05, 3.63) is 34.5 Å². The van der Waals surface area contributed by atoms with Crippen LogP contribution >= 0.6 is 11.3 Å². The summed E-state index contributed by atoms with van der Waals surface area (Å²) >= 11 is 1.48. The molecule has 0 aliphatic carbocycles. The number of carboxylic acids is 1. The van der Waals surface area contributed by atoms with E-state index in [1.807, 2.05) is 25.1 Å². The number of imidazole rings is 1. The predicted octanol–water partition coefficient (Wildman–Crippen LogP) is 3.15. The summed E-state index contributed by atoms with van der Waals surface area (Å²) < 4.78 is 12.9. The van der Waals surface area contributed by atoms with Gasteiger partial charge in [0.2, 0.25) is 0 Å². The summed E-state index contributed by atoms with van der Waals surface area (Å²) in [5.41, 5.74) is 2.44. The molecule has 0 atom stereocenters.